The summed E-state index contributed by atoms with van der Waals surface area (Å²) in [6.45, 7) is 3.83. The minimum atomic E-state index is -3.90. The molecule has 0 aliphatic carbocycles. The molecular formula is C18H18N4O4S2. The molecule has 1 aliphatic heterocycles. The van der Waals surface area contributed by atoms with Gasteiger partial charge in [-0.25, -0.2) is 8.42 Å². The maximum atomic E-state index is 12.8. The number of nitrogens with one attached hydrogen (secondary N) is 2. The van der Waals surface area contributed by atoms with Crippen molar-refractivity contribution in [2.45, 2.75) is 18.7 Å². The highest BCUT2D eigenvalue weighted by Gasteiger charge is 2.29. The van der Waals surface area contributed by atoms with E-state index in [1.807, 2.05) is 13.8 Å². The molecule has 0 spiro atoms. The molecule has 2 amide bonds. The highest BCUT2D eigenvalue weighted by Crippen LogP contribution is 2.32. The Kier molecular flexibility index (Phi) is 5.51. The second-order valence-corrected chi connectivity index (χ2v) is 9.43. The Morgan fingerprint density at radius 2 is 2.11 bits per heavy atom. The molecule has 8 nitrogen and oxygen atoms in total. The number of rotatable bonds is 4. The molecule has 2 aromatic rings. The molecule has 0 bridgehead atoms. The molecule has 0 atom stereocenters. The largest absolute Gasteiger partial charge is 0.354 e. The van der Waals surface area contributed by atoms with Gasteiger partial charge in [0.25, 0.3) is 5.91 Å². The second kappa shape index (κ2) is 7.71. The Labute approximate surface area is 166 Å². The Morgan fingerprint density at radius 1 is 1.36 bits per heavy atom. The third-order valence-corrected chi connectivity index (χ3v) is 7.43. The summed E-state index contributed by atoms with van der Waals surface area (Å²) in [5.41, 5.74) is 1.36. The molecule has 0 unspecified atom stereocenters. The van der Waals surface area contributed by atoms with Gasteiger partial charge in [-0.1, -0.05) is 6.07 Å². The first kappa shape index (κ1) is 20.0. The molecule has 1 fully saturated rings. The molecule has 1 saturated heterocycles. The molecule has 1 aromatic carbocycles. The number of hydrogen-bond acceptors (Lipinski definition) is 6. The van der Waals surface area contributed by atoms with Crippen LogP contribution < -0.4 is 10.6 Å². The van der Waals surface area contributed by atoms with E-state index in [0.29, 0.717) is 10.6 Å². The zero-order valence-electron chi connectivity index (χ0n) is 15.3. The van der Waals surface area contributed by atoms with Crippen LogP contribution in [-0.4, -0.2) is 44.2 Å². The van der Waals surface area contributed by atoms with Gasteiger partial charge in [0.05, 0.1) is 17.0 Å². The molecule has 1 aromatic heterocycles. The monoisotopic (exact) mass is 418 g/mol. The van der Waals surface area contributed by atoms with Crippen LogP contribution in [0.25, 0.3) is 0 Å². The van der Waals surface area contributed by atoms with Gasteiger partial charge in [0.1, 0.15) is 11.1 Å². The quantitative estimate of drug-likeness (QED) is 0.782. The van der Waals surface area contributed by atoms with Crippen molar-refractivity contribution in [3.05, 3.63) is 45.8 Å². The minimum Gasteiger partial charge on any atom is -0.354 e. The van der Waals surface area contributed by atoms with Crippen molar-refractivity contribution in [2.24, 2.45) is 0 Å². The highest BCUT2D eigenvalue weighted by atomic mass is 32.2. The third kappa shape index (κ3) is 3.77. The number of sulfonamides is 1. The number of nitriles is 1. The predicted octanol–water partition coefficient (Wildman–Crippen LogP) is 1.61. The Balaban J connectivity index is 1.87. The van der Waals surface area contributed by atoms with Crippen molar-refractivity contribution in [1.29, 1.82) is 5.26 Å². The average molecular weight is 419 g/mol. The lowest BCUT2D eigenvalue weighted by molar-refractivity contribution is -0.122. The van der Waals surface area contributed by atoms with E-state index in [1.54, 1.807) is 0 Å². The molecule has 10 heteroatoms. The number of piperazine rings is 1. The summed E-state index contributed by atoms with van der Waals surface area (Å²) in [6.07, 6.45) is 0. The fourth-order valence-corrected chi connectivity index (χ4v) is 5.24. The van der Waals surface area contributed by atoms with E-state index in [-0.39, 0.29) is 36.0 Å². The molecule has 0 saturated carbocycles. The van der Waals surface area contributed by atoms with Crippen molar-refractivity contribution in [1.82, 2.24) is 9.62 Å². The molecule has 146 valence electrons. The number of amides is 2. The van der Waals surface area contributed by atoms with Gasteiger partial charge in [-0.05, 0) is 37.6 Å². The van der Waals surface area contributed by atoms with Crippen molar-refractivity contribution in [2.75, 3.05) is 25.0 Å². The van der Waals surface area contributed by atoms with Crippen LogP contribution in [0, 0.1) is 25.2 Å². The maximum absolute atomic E-state index is 12.8. The van der Waals surface area contributed by atoms with Crippen molar-refractivity contribution >= 4 is 38.2 Å². The fraction of sp³-hybridized carbons (Fsp3) is 0.278. The normalized spacial score (nSPS) is 15.0. The fourth-order valence-electron chi connectivity index (χ4n) is 2.79. The first-order valence-corrected chi connectivity index (χ1v) is 10.7. The first-order valence-electron chi connectivity index (χ1n) is 8.42. The zero-order chi connectivity index (χ0) is 20.5. The number of aryl methyl sites for hydroxylation is 1. The predicted molar refractivity (Wildman–Crippen MR) is 105 cm³/mol. The summed E-state index contributed by atoms with van der Waals surface area (Å²) < 4.78 is 26.7. The van der Waals surface area contributed by atoms with Crippen LogP contribution >= 0.6 is 11.3 Å². The Hall–Kier alpha value is -2.74. The third-order valence-electron chi connectivity index (χ3n) is 4.46. The number of anilines is 1. The number of nitrogens with zero attached hydrogens (tertiary/aromatic N) is 2. The van der Waals surface area contributed by atoms with Gasteiger partial charge in [-0.3, -0.25) is 9.59 Å². The van der Waals surface area contributed by atoms with E-state index < -0.39 is 15.9 Å². The molecule has 2 heterocycles. The lowest BCUT2D eigenvalue weighted by Crippen LogP contribution is -2.49. The topological polar surface area (TPSA) is 119 Å². The highest BCUT2D eigenvalue weighted by molar-refractivity contribution is 7.89. The van der Waals surface area contributed by atoms with Crippen molar-refractivity contribution in [3.63, 3.8) is 0 Å². The zero-order valence-corrected chi connectivity index (χ0v) is 16.9. The molecule has 2 N–H and O–H groups in total. The van der Waals surface area contributed by atoms with Gasteiger partial charge in [-0.2, -0.15) is 9.57 Å². The minimum absolute atomic E-state index is 0.0612. The van der Waals surface area contributed by atoms with Crippen LogP contribution in [0.4, 0.5) is 5.00 Å². The lowest BCUT2D eigenvalue weighted by atomic mass is 10.2. The first-order chi connectivity index (χ1) is 13.2. The summed E-state index contributed by atoms with van der Waals surface area (Å²) in [7, 11) is -3.90. The summed E-state index contributed by atoms with van der Waals surface area (Å²) in [5, 5.41) is 15.0. The standard InChI is InChI=1S/C18H18N4O4S2/c1-11-12(2)27-18(15(11)9-19)21-17(24)13-4-3-5-14(8-13)28(25,26)22-7-6-20-16(23)10-22/h3-5,8H,6-7,10H2,1-2H3,(H,20,23)(H,21,24). The molecule has 1 aliphatic rings. The van der Waals surface area contributed by atoms with Crippen LogP contribution in [0.15, 0.2) is 29.2 Å². The van der Waals surface area contributed by atoms with Crippen molar-refractivity contribution < 1.29 is 18.0 Å². The van der Waals surface area contributed by atoms with E-state index in [1.165, 1.54) is 35.6 Å². The number of benzene rings is 1. The van der Waals surface area contributed by atoms with E-state index >= 15 is 0 Å². The smallest absolute Gasteiger partial charge is 0.256 e. The number of carbonyl (C=O) groups excluding carboxylic acids is 2. The van der Waals surface area contributed by atoms with E-state index in [4.69, 9.17) is 0 Å². The van der Waals surface area contributed by atoms with E-state index in [2.05, 4.69) is 16.7 Å². The summed E-state index contributed by atoms with van der Waals surface area (Å²) in [5.74, 6) is -0.873. The van der Waals surface area contributed by atoms with Gasteiger partial charge < -0.3 is 10.6 Å². The summed E-state index contributed by atoms with van der Waals surface area (Å²) in [6, 6.07) is 7.71. The number of hydrogen-bond donors (Lipinski definition) is 2. The molecule has 0 radical (unpaired) electrons. The summed E-state index contributed by atoms with van der Waals surface area (Å²) >= 11 is 1.30. The molecule has 3 rings (SSSR count). The summed E-state index contributed by atoms with van der Waals surface area (Å²) in [4.78, 5) is 25.0. The molecular weight excluding hydrogens is 400 g/mol. The van der Waals surface area contributed by atoms with Crippen LogP contribution in [-0.2, 0) is 14.8 Å². The van der Waals surface area contributed by atoms with Gasteiger partial charge in [-0.15, -0.1) is 11.3 Å². The van der Waals surface area contributed by atoms with Crippen LogP contribution in [0.2, 0.25) is 0 Å². The Morgan fingerprint density at radius 3 is 2.79 bits per heavy atom. The molecule has 28 heavy (non-hydrogen) atoms. The van der Waals surface area contributed by atoms with Crippen LogP contribution in [0.1, 0.15) is 26.4 Å². The van der Waals surface area contributed by atoms with E-state index in [9.17, 15) is 23.3 Å². The van der Waals surface area contributed by atoms with Gasteiger partial charge in [0, 0.05) is 23.5 Å². The number of carbonyl (C=O) groups is 2. The van der Waals surface area contributed by atoms with Gasteiger partial charge >= 0.3 is 0 Å². The number of thiophene rings is 1. The van der Waals surface area contributed by atoms with Gasteiger partial charge in [0.15, 0.2) is 0 Å². The van der Waals surface area contributed by atoms with E-state index in [0.717, 1.165) is 14.7 Å². The Bertz CT molecular complexity index is 1100. The van der Waals surface area contributed by atoms with Crippen LogP contribution in [0.5, 0.6) is 0 Å². The van der Waals surface area contributed by atoms with Gasteiger partial charge in [0.2, 0.25) is 15.9 Å². The average Bonchev–Trinajstić information content (AvgIpc) is 2.94. The van der Waals surface area contributed by atoms with Crippen LogP contribution in [0.3, 0.4) is 0 Å². The van der Waals surface area contributed by atoms with Crippen molar-refractivity contribution in [3.8, 4) is 6.07 Å². The maximum Gasteiger partial charge on any atom is 0.256 e. The SMILES string of the molecule is Cc1sc(NC(=O)c2cccc(S(=O)(=O)N3CCNC(=O)C3)c2)c(C#N)c1C. The second-order valence-electron chi connectivity index (χ2n) is 6.27. The lowest BCUT2D eigenvalue weighted by Gasteiger charge is -2.26.